The molecule has 0 aromatic heterocycles. The number of benzene rings is 1. The first-order valence-corrected chi connectivity index (χ1v) is 8.22. The maximum Gasteiger partial charge on any atom is 0.200 e. The van der Waals surface area contributed by atoms with Gasteiger partial charge in [-0.05, 0) is 17.7 Å². The van der Waals surface area contributed by atoms with Gasteiger partial charge in [-0.15, -0.1) is 0 Å². The van der Waals surface area contributed by atoms with Crippen LogP contribution in [0.25, 0.3) is 5.57 Å². The zero-order valence-corrected chi connectivity index (χ0v) is 12.2. The summed E-state index contributed by atoms with van der Waals surface area (Å²) in [5.41, 5.74) is 1.56. The van der Waals surface area contributed by atoms with Crippen LogP contribution in [0, 0.1) is 0 Å². The number of nitrogens with one attached hydrogen (secondary N) is 1. The summed E-state index contributed by atoms with van der Waals surface area (Å²) < 4.78 is 29.8. The van der Waals surface area contributed by atoms with Gasteiger partial charge in [0.15, 0.2) is 0 Å². The lowest BCUT2D eigenvalue weighted by Gasteiger charge is -2.27. The molecule has 6 heteroatoms. The van der Waals surface area contributed by atoms with E-state index < -0.39 is 9.84 Å². The van der Waals surface area contributed by atoms with E-state index in [1.54, 1.807) is 19.2 Å². The molecule has 1 saturated heterocycles. The first-order chi connectivity index (χ1) is 9.62. The molecule has 0 saturated carbocycles. The predicted molar refractivity (Wildman–Crippen MR) is 77.5 cm³/mol. The van der Waals surface area contributed by atoms with Crippen LogP contribution in [-0.2, 0) is 9.84 Å². The molecule has 2 heterocycles. The van der Waals surface area contributed by atoms with Crippen molar-refractivity contribution in [3.63, 3.8) is 0 Å². The van der Waals surface area contributed by atoms with Crippen molar-refractivity contribution in [1.82, 2.24) is 10.2 Å². The molecule has 1 fully saturated rings. The molecule has 0 amide bonds. The number of sulfone groups is 1. The number of methoxy groups -OCH3 is 1. The Hall–Kier alpha value is -1.37. The average molecular weight is 294 g/mol. The van der Waals surface area contributed by atoms with E-state index in [0.717, 1.165) is 37.3 Å². The molecule has 0 unspecified atom stereocenters. The number of nitrogens with zero attached hydrogens (tertiary/aromatic N) is 1. The molecule has 0 bridgehead atoms. The van der Waals surface area contributed by atoms with Gasteiger partial charge in [0.1, 0.15) is 5.75 Å². The molecule has 108 valence electrons. The monoisotopic (exact) mass is 294 g/mol. The van der Waals surface area contributed by atoms with Crippen molar-refractivity contribution in [3.8, 4) is 5.75 Å². The summed E-state index contributed by atoms with van der Waals surface area (Å²) in [7, 11) is -1.75. The van der Waals surface area contributed by atoms with Crippen molar-refractivity contribution in [2.24, 2.45) is 0 Å². The van der Waals surface area contributed by atoms with E-state index >= 15 is 0 Å². The van der Waals surface area contributed by atoms with E-state index in [1.807, 2.05) is 6.07 Å². The minimum Gasteiger partial charge on any atom is -0.496 e. The number of rotatable bonds is 3. The maximum atomic E-state index is 12.2. The van der Waals surface area contributed by atoms with Crippen LogP contribution in [0.5, 0.6) is 5.75 Å². The van der Waals surface area contributed by atoms with Gasteiger partial charge < -0.3 is 10.1 Å². The van der Waals surface area contributed by atoms with E-state index in [0.29, 0.717) is 17.2 Å². The Morgan fingerprint density at radius 2 is 2.05 bits per heavy atom. The van der Waals surface area contributed by atoms with E-state index in [1.165, 1.54) is 5.41 Å². The Kier molecular flexibility index (Phi) is 3.54. The van der Waals surface area contributed by atoms with Crippen LogP contribution >= 0.6 is 0 Å². The molecular formula is C14H18N2O3S. The lowest BCUT2D eigenvalue weighted by molar-refractivity contribution is 0.268. The minimum atomic E-state index is -3.32. The third-order valence-electron chi connectivity index (χ3n) is 3.74. The predicted octanol–water partition coefficient (Wildman–Crippen LogP) is 0.729. The highest BCUT2D eigenvalue weighted by atomic mass is 32.2. The van der Waals surface area contributed by atoms with Crippen molar-refractivity contribution in [2.45, 2.75) is 4.90 Å². The lowest BCUT2D eigenvalue weighted by atomic mass is 10.1. The largest absolute Gasteiger partial charge is 0.496 e. The van der Waals surface area contributed by atoms with Crippen LogP contribution in [-0.4, -0.2) is 53.2 Å². The van der Waals surface area contributed by atoms with E-state index in [-0.39, 0.29) is 0 Å². The molecule has 1 N–H and O–H groups in total. The number of hydrogen-bond acceptors (Lipinski definition) is 5. The summed E-state index contributed by atoms with van der Waals surface area (Å²) in [5.74, 6) is 0.630. The molecule has 0 atom stereocenters. The molecule has 1 aromatic carbocycles. The molecule has 0 spiro atoms. The van der Waals surface area contributed by atoms with E-state index in [2.05, 4.69) is 10.2 Å². The SMILES string of the molecule is COc1cccc2c1C(CN1CCNCC1)=CS2(=O)=O. The summed E-state index contributed by atoms with van der Waals surface area (Å²) in [4.78, 5) is 2.63. The summed E-state index contributed by atoms with van der Waals surface area (Å²) in [5, 5.41) is 4.68. The highest BCUT2D eigenvalue weighted by Gasteiger charge is 2.30. The number of hydrogen-bond donors (Lipinski definition) is 1. The lowest BCUT2D eigenvalue weighted by Crippen LogP contribution is -2.43. The molecule has 0 aliphatic carbocycles. The molecule has 0 radical (unpaired) electrons. The fraction of sp³-hybridized carbons (Fsp3) is 0.429. The van der Waals surface area contributed by atoms with Gasteiger partial charge in [-0.1, -0.05) is 6.07 Å². The second-order valence-corrected chi connectivity index (χ2v) is 6.81. The van der Waals surface area contributed by atoms with Crippen molar-refractivity contribution in [3.05, 3.63) is 29.2 Å². The Balaban J connectivity index is 1.97. The maximum absolute atomic E-state index is 12.2. The summed E-state index contributed by atoms with van der Waals surface area (Å²) in [6, 6.07) is 5.18. The number of piperazine rings is 1. The molecule has 1 aromatic rings. The first-order valence-electron chi connectivity index (χ1n) is 6.68. The Morgan fingerprint density at radius 3 is 2.75 bits per heavy atom. The summed E-state index contributed by atoms with van der Waals surface area (Å²) in [6.07, 6.45) is 0. The van der Waals surface area contributed by atoms with Crippen molar-refractivity contribution in [1.29, 1.82) is 0 Å². The minimum absolute atomic E-state index is 0.363. The topological polar surface area (TPSA) is 58.6 Å². The van der Waals surface area contributed by atoms with Gasteiger partial charge in [0.2, 0.25) is 9.84 Å². The quantitative estimate of drug-likeness (QED) is 0.890. The fourth-order valence-corrected chi connectivity index (χ4v) is 4.25. The van der Waals surface area contributed by atoms with Crippen LogP contribution in [0.2, 0.25) is 0 Å². The zero-order valence-electron chi connectivity index (χ0n) is 11.4. The normalized spacial score (nSPS) is 21.4. The van der Waals surface area contributed by atoms with Gasteiger partial charge in [-0.2, -0.15) is 0 Å². The zero-order chi connectivity index (χ0) is 14.2. The smallest absolute Gasteiger partial charge is 0.200 e. The van der Waals surface area contributed by atoms with Gasteiger partial charge in [0, 0.05) is 43.7 Å². The van der Waals surface area contributed by atoms with Gasteiger partial charge in [-0.3, -0.25) is 4.90 Å². The van der Waals surface area contributed by atoms with Crippen molar-refractivity contribution < 1.29 is 13.2 Å². The van der Waals surface area contributed by atoms with Crippen LogP contribution in [0.4, 0.5) is 0 Å². The Bertz CT molecular complexity index is 646. The second-order valence-electron chi connectivity index (χ2n) is 5.05. The highest BCUT2D eigenvalue weighted by Crippen LogP contribution is 2.39. The second kappa shape index (κ2) is 5.20. The van der Waals surface area contributed by atoms with Crippen molar-refractivity contribution >= 4 is 15.4 Å². The highest BCUT2D eigenvalue weighted by molar-refractivity contribution is 7.95. The molecule has 20 heavy (non-hydrogen) atoms. The molecule has 2 aliphatic heterocycles. The fourth-order valence-electron chi connectivity index (χ4n) is 2.77. The average Bonchev–Trinajstić information content (AvgIpc) is 2.71. The van der Waals surface area contributed by atoms with Gasteiger partial charge in [0.25, 0.3) is 0 Å². The van der Waals surface area contributed by atoms with Crippen LogP contribution < -0.4 is 10.1 Å². The first kappa shape index (κ1) is 13.6. The molecule has 3 rings (SSSR count). The molecule has 2 aliphatic rings. The van der Waals surface area contributed by atoms with Gasteiger partial charge >= 0.3 is 0 Å². The molecule has 5 nitrogen and oxygen atoms in total. The van der Waals surface area contributed by atoms with Crippen molar-refractivity contribution in [2.75, 3.05) is 39.8 Å². The van der Waals surface area contributed by atoms with Crippen LogP contribution in [0.1, 0.15) is 5.56 Å². The Morgan fingerprint density at radius 1 is 1.30 bits per heavy atom. The third-order valence-corrected chi connectivity index (χ3v) is 5.28. The summed E-state index contributed by atoms with van der Waals surface area (Å²) in [6.45, 7) is 4.40. The number of ether oxygens (including phenoxy) is 1. The number of fused-ring (bicyclic) bond motifs is 1. The van der Waals surface area contributed by atoms with Gasteiger partial charge in [-0.25, -0.2) is 8.42 Å². The summed E-state index contributed by atoms with van der Waals surface area (Å²) >= 11 is 0. The van der Waals surface area contributed by atoms with E-state index in [9.17, 15) is 8.42 Å². The Labute approximate surface area is 119 Å². The van der Waals surface area contributed by atoms with E-state index in [4.69, 9.17) is 4.74 Å². The van der Waals surface area contributed by atoms with Crippen LogP contribution in [0.15, 0.2) is 28.5 Å². The standard InChI is InChI=1S/C14H18N2O3S/c1-19-12-3-2-4-13-14(12)11(10-20(13,17)18)9-16-7-5-15-6-8-16/h2-4,10,15H,5-9H2,1H3. The van der Waals surface area contributed by atoms with Gasteiger partial charge in [0.05, 0.1) is 12.0 Å². The molecular weight excluding hydrogens is 276 g/mol. The third kappa shape index (κ3) is 2.34. The van der Waals surface area contributed by atoms with Crippen LogP contribution in [0.3, 0.4) is 0 Å².